The van der Waals surface area contributed by atoms with Crippen LogP contribution in [-0.4, -0.2) is 37.1 Å². The van der Waals surface area contributed by atoms with Gasteiger partial charge in [-0.3, -0.25) is 9.59 Å². The summed E-state index contributed by atoms with van der Waals surface area (Å²) in [7, 11) is 1.65. The first-order valence-electron chi connectivity index (χ1n) is 4.75. The lowest BCUT2D eigenvalue weighted by Gasteiger charge is -2.07. The van der Waals surface area contributed by atoms with Crippen LogP contribution in [0.5, 0.6) is 0 Å². The van der Waals surface area contributed by atoms with E-state index in [0.717, 1.165) is 0 Å². The van der Waals surface area contributed by atoms with Crippen molar-refractivity contribution < 1.29 is 19.8 Å². The second-order valence-corrected chi connectivity index (χ2v) is 3.57. The molecule has 2 rings (SSSR count). The Morgan fingerprint density at radius 3 is 2.53 bits per heavy atom. The average molecular weight is 235 g/mol. The van der Waals surface area contributed by atoms with E-state index in [1.165, 1.54) is 16.8 Å². The molecule has 17 heavy (non-hydrogen) atoms. The molecule has 0 spiro atoms. The molecular formula is C10H9N3O4. The second kappa shape index (κ2) is 3.85. The molecule has 0 saturated carbocycles. The van der Waals surface area contributed by atoms with Crippen LogP contribution in [0, 0.1) is 0 Å². The minimum atomic E-state index is -1.57. The normalized spacial score (nSPS) is 10.9. The number of aliphatic carboxylic acids is 2. The summed E-state index contributed by atoms with van der Waals surface area (Å²) in [5, 5.41) is 25.3. The van der Waals surface area contributed by atoms with Gasteiger partial charge in [-0.25, -0.2) is 4.68 Å². The molecule has 0 bridgehead atoms. The minimum Gasteiger partial charge on any atom is -0.480 e. The van der Waals surface area contributed by atoms with Gasteiger partial charge in [-0.1, -0.05) is 11.3 Å². The van der Waals surface area contributed by atoms with Crippen molar-refractivity contribution >= 4 is 23.0 Å². The quantitative estimate of drug-likeness (QED) is 0.737. The Labute approximate surface area is 95.3 Å². The molecule has 2 aromatic rings. The summed E-state index contributed by atoms with van der Waals surface area (Å²) >= 11 is 0. The monoisotopic (exact) mass is 235 g/mol. The molecule has 0 aliphatic heterocycles. The number of fused-ring (bicyclic) bond motifs is 1. The first-order chi connectivity index (χ1) is 8.00. The number of benzene rings is 1. The van der Waals surface area contributed by atoms with Crippen LogP contribution in [0.15, 0.2) is 18.2 Å². The molecule has 0 aliphatic rings. The summed E-state index contributed by atoms with van der Waals surface area (Å²) in [5.74, 6) is -4.37. The van der Waals surface area contributed by atoms with Crippen LogP contribution in [0.4, 0.5) is 0 Å². The molecule has 0 aliphatic carbocycles. The minimum absolute atomic E-state index is 0.197. The number of rotatable bonds is 3. The molecule has 88 valence electrons. The lowest BCUT2D eigenvalue weighted by atomic mass is 9.99. The van der Waals surface area contributed by atoms with Gasteiger partial charge >= 0.3 is 11.9 Å². The van der Waals surface area contributed by atoms with E-state index in [1.807, 2.05) is 0 Å². The number of aryl methyl sites for hydroxylation is 1. The van der Waals surface area contributed by atoms with Crippen LogP contribution < -0.4 is 0 Å². The maximum atomic E-state index is 10.9. The van der Waals surface area contributed by atoms with Crippen molar-refractivity contribution in [2.24, 2.45) is 7.05 Å². The Morgan fingerprint density at radius 1 is 1.29 bits per heavy atom. The highest BCUT2D eigenvalue weighted by atomic mass is 16.4. The zero-order chi connectivity index (χ0) is 12.6. The van der Waals surface area contributed by atoms with E-state index < -0.39 is 17.9 Å². The summed E-state index contributed by atoms with van der Waals surface area (Å²) < 4.78 is 1.46. The molecule has 0 atom stereocenters. The number of carbonyl (C=O) groups is 2. The Kier molecular flexibility index (Phi) is 2.51. The maximum Gasteiger partial charge on any atom is 0.322 e. The Bertz CT molecular complexity index is 591. The molecular weight excluding hydrogens is 226 g/mol. The molecule has 1 aromatic heterocycles. The van der Waals surface area contributed by atoms with E-state index in [-0.39, 0.29) is 5.56 Å². The van der Waals surface area contributed by atoms with Crippen molar-refractivity contribution in [3.8, 4) is 0 Å². The Hall–Kier alpha value is -2.44. The SMILES string of the molecule is Cn1nnc2ccc(C(C(=O)O)C(=O)O)cc21. The predicted molar refractivity (Wildman–Crippen MR) is 56.5 cm³/mol. The molecule has 0 unspecified atom stereocenters. The fourth-order valence-electron chi connectivity index (χ4n) is 1.62. The van der Waals surface area contributed by atoms with Crippen LogP contribution in [0.1, 0.15) is 11.5 Å². The Morgan fingerprint density at radius 2 is 1.94 bits per heavy atom. The van der Waals surface area contributed by atoms with Gasteiger partial charge < -0.3 is 10.2 Å². The van der Waals surface area contributed by atoms with Crippen LogP contribution in [0.3, 0.4) is 0 Å². The van der Waals surface area contributed by atoms with Crippen molar-refractivity contribution in [1.82, 2.24) is 15.0 Å². The number of nitrogens with zero attached hydrogens (tertiary/aromatic N) is 3. The third-order valence-electron chi connectivity index (χ3n) is 2.46. The van der Waals surface area contributed by atoms with Gasteiger partial charge in [-0.15, -0.1) is 5.10 Å². The molecule has 7 heteroatoms. The summed E-state index contributed by atoms with van der Waals surface area (Å²) in [6.45, 7) is 0. The topological polar surface area (TPSA) is 105 Å². The largest absolute Gasteiger partial charge is 0.480 e. The van der Waals surface area contributed by atoms with E-state index >= 15 is 0 Å². The first kappa shape index (κ1) is 11.1. The summed E-state index contributed by atoms with van der Waals surface area (Å²) in [6.07, 6.45) is 0. The number of carboxylic acid groups (broad SMARTS) is 2. The van der Waals surface area contributed by atoms with Crippen molar-refractivity contribution in [2.75, 3.05) is 0 Å². The van der Waals surface area contributed by atoms with Gasteiger partial charge in [0.1, 0.15) is 5.52 Å². The van der Waals surface area contributed by atoms with Gasteiger partial charge in [0.2, 0.25) is 0 Å². The van der Waals surface area contributed by atoms with Crippen LogP contribution >= 0.6 is 0 Å². The second-order valence-electron chi connectivity index (χ2n) is 3.57. The van der Waals surface area contributed by atoms with Crippen molar-refractivity contribution in [2.45, 2.75) is 5.92 Å². The fraction of sp³-hybridized carbons (Fsp3) is 0.200. The zero-order valence-electron chi connectivity index (χ0n) is 8.86. The van der Waals surface area contributed by atoms with Crippen LogP contribution in [0.25, 0.3) is 11.0 Å². The zero-order valence-corrected chi connectivity index (χ0v) is 8.86. The lowest BCUT2D eigenvalue weighted by Crippen LogP contribution is -2.21. The first-order valence-corrected chi connectivity index (χ1v) is 4.75. The standard InChI is InChI=1S/C10H9N3O4/c1-13-7-4-5(2-3-6(7)11-12-13)8(9(14)15)10(16)17/h2-4,8H,1H3,(H,14,15)(H,16,17). The van der Waals surface area contributed by atoms with Gasteiger partial charge in [0.25, 0.3) is 0 Å². The highest BCUT2D eigenvalue weighted by Crippen LogP contribution is 2.21. The highest BCUT2D eigenvalue weighted by Gasteiger charge is 2.28. The third kappa shape index (κ3) is 1.82. The van der Waals surface area contributed by atoms with E-state index in [2.05, 4.69) is 10.3 Å². The van der Waals surface area contributed by atoms with Crippen molar-refractivity contribution in [1.29, 1.82) is 0 Å². The lowest BCUT2D eigenvalue weighted by molar-refractivity contribution is -0.150. The van der Waals surface area contributed by atoms with E-state index in [4.69, 9.17) is 10.2 Å². The molecule has 0 radical (unpaired) electrons. The van der Waals surface area contributed by atoms with Gasteiger partial charge in [-0.2, -0.15) is 0 Å². The van der Waals surface area contributed by atoms with E-state index in [1.54, 1.807) is 13.1 Å². The maximum absolute atomic E-state index is 10.9. The molecule has 1 aromatic carbocycles. The number of hydrogen-bond acceptors (Lipinski definition) is 4. The fourth-order valence-corrected chi connectivity index (χ4v) is 1.62. The average Bonchev–Trinajstić information content (AvgIpc) is 2.59. The number of aromatic nitrogens is 3. The molecule has 1 heterocycles. The third-order valence-corrected chi connectivity index (χ3v) is 2.46. The van der Waals surface area contributed by atoms with Crippen LogP contribution in [-0.2, 0) is 16.6 Å². The highest BCUT2D eigenvalue weighted by molar-refractivity contribution is 5.99. The molecule has 0 fully saturated rings. The van der Waals surface area contributed by atoms with E-state index in [9.17, 15) is 9.59 Å². The smallest absolute Gasteiger partial charge is 0.322 e. The summed E-state index contributed by atoms with van der Waals surface area (Å²) in [6, 6.07) is 4.46. The van der Waals surface area contributed by atoms with Gasteiger partial charge in [0.05, 0.1) is 5.52 Å². The molecule has 0 amide bonds. The van der Waals surface area contributed by atoms with Gasteiger partial charge in [0, 0.05) is 7.05 Å². The molecule has 2 N–H and O–H groups in total. The summed E-state index contributed by atoms with van der Waals surface area (Å²) in [5.41, 5.74) is 1.38. The van der Waals surface area contributed by atoms with Gasteiger partial charge in [0.15, 0.2) is 5.92 Å². The predicted octanol–water partition coefficient (Wildman–Crippen LogP) is 0.221. The van der Waals surface area contributed by atoms with Crippen molar-refractivity contribution in [3.63, 3.8) is 0 Å². The molecule has 7 nitrogen and oxygen atoms in total. The van der Waals surface area contributed by atoms with Crippen molar-refractivity contribution in [3.05, 3.63) is 23.8 Å². The summed E-state index contributed by atoms with van der Waals surface area (Å²) in [4.78, 5) is 21.8. The Balaban J connectivity index is 2.57. The van der Waals surface area contributed by atoms with E-state index in [0.29, 0.717) is 11.0 Å². The molecule has 0 saturated heterocycles. The van der Waals surface area contributed by atoms with Gasteiger partial charge in [-0.05, 0) is 17.7 Å². The van der Waals surface area contributed by atoms with Crippen LogP contribution in [0.2, 0.25) is 0 Å². The number of hydrogen-bond donors (Lipinski definition) is 2. The number of carboxylic acids is 2.